The van der Waals surface area contributed by atoms with Gasteiger partial charge in [-0.25, -0.2) is 4.98 Å². The Morgan fingerprint density at radius 1 is 1.18 bits per heavy atom. The Hall–Kier alpha value is -4.65. The van der Waals surface area contributed by atoms with E-state index >= 15 is 0 Å². The van der Waals surface area contributed by atoms with Crippen molar-refractivity contribution in [2.45, 2.75) is 19.1 Å². The summed E-state index contributed by atoms with van der Waals surface area (Å²) in [4.78, 5) is 33.9. The monoisotopic (exact) mass is 527 g/mol. The number of carbonyl (C=O) groups excluding carboxylic acids is 1. The number of ether oxygens (including phenoxy) is 1. The minimum absolute atomic E-state index is 0.125. The number of aromatic amines is 1. The number of halogens is 3. The second kappa shape index (κ2) is 9.34. The number of nitrogens with zero attached hydrogens (tertiary/aromatic N) is 3. The zero-order valence-corrected chi connectivity index (χ0v) is 20.0. The molecule has 0 saturated carbocycles. The van der Waals surface area contributed by atoms with Gasteiger partial charge in [-0.1, -0.05) is 36.4 Å². The van der Waals surface area contributed by atoms with Crippen LogP contribution in [0, 0.1) is 0 Å². The highest BCUT2D eigenvalue weighted by atomic mass is 19.4. The summed E-state index contributed by atoms with van der Waals surface area (Å²) in [5, 5.41) is 15.5. The number of aliphatic hydroxyl groups is 1. The molecule has 0 radical (unpaired) electrons. The fourth-order valence-electron chi connectivity index (χ4n) is 4.06. The Bertz CT molecular complexity index is 1720. The largest absolute Gasteiger partial charge is 0.494 e. The van der Waals surface area contributed by atoms with Crippen molar-refractivity contribution in [2.75, 3.05) is 13.7 Å². The molecule has 1 atom stereocenters. The maximum Gasteiger partial charge on any atom is 0.435 e. The van der Waals surface area contributed by atoms with Gasteiger partial charge in [0.25, 0.3) is 11.5 Å². The number of hydrogen-bond donors (Lipinski definition) is 3. The molecule has 38 heavy (non-hydrogen) atoms. The van der Waals surface area contributed by atoms with Crippen LogP contribution < -0.4 is 15.6 Å². The summed E-state index contributed by atoms with van der Waals surface area (Å²) in [7, 11) is 1.41. The van der Waals surface area contributed by atoms with E-state index in [4.69, 9.17) is 9.15 Å². The van der Waals surface area contributed by atoms with E-state index in [9.17, 15) is 27.9 Å². The summed E-state index contributed by atoms with van der Waals surface area (Å²) < 4.78 is 53.8. The van der Waals surface area contributed by atoms with Crippen LogP contribution in [0.4, 0.5) is 13.2 Å². The van der Waals surface area contributed by atoms with Crippen LogP contribution in [0.2, 0.25) is 0 Å². The second-order valence-corrected chi connectivity index (χ2v) is 8.41. The van der Waals surface area contributed by atoms with Gasteiger partial charge in [0.15, 0.2) is 16.8 Å². The van der Waals surface area contributed by atoms with Gasteiger partial charge in [0.1, 0.15) is 22.7 Å². The molecule has 13 heteroatoms. The Balaban J connectivity index is 1.87. The van der Waals surface area contributed by atoms with Crippen molar-refractivity contribution in [3.63, 3.8) is 0 Å². The van der Waals surface area contributed by atoms with Crippen molar-refractivity contribution in [1.82, 2.24) is 24.9 Å². The first-order valence-electron chi connectivity index (χ1n) is 11.3. The lowest BCUT2D eigenvalue weighted by Crippen LogP contribution is -2.37. The molecule has 0 saturated heterocycles. The average Bonchev–Trinajstić information content (AvgIpc) is 3.51. The van der Waals surface area contributed by atoms with Gasteiger partial charge in [-0.05, 0) is 24.6 Å². The molecule has 0 aliphatic rings. The first kappa shape index (κ1) is 25.0. The van der Waals surface area contributed by atoms with E-state index in [-0.39, 0.29) is 28.2 Å². The normalized spacial score (nSPS) is 12.7. The highest BCUT2D eigenvalue weighted by Crippen LogP contribution is 2.39. The maximum atomic E-state index is 14.1. The molecule has 3 N–H and O–H groups in total. The zero-order valence-electron chi connectivity index (χ0n) is 20.0. The van der Waals surface area contributed by atoms with Crippen molar-refractivity contribution >= 4 is 22.7 Å². The molecule has 0 aliphatic heterocycles. The Kier molecular flexibility index (Phi) is 6.15. The van der Waals surface area contributed by atoms with Crippen LogP contribution in [-0.4, -0.2) is 50.4 Å². The third-order valence-corrected chi connectivity index (χ3v) is 5.81. The van der Waals surface area contributed by atoms with Crippen molar-refractivity contribution in [3.8, 4) is 28.3 Å². The number of rotatable bonds is 6. The minimum atomic E-state index is -4.92. The van der Waals surface area contributed by atoms with Crippen LogP contribution in [0.1, 0.15) is 23.1 Å². The third-order valence-electron chi connectivity index (χ3n) is 5.81. The molecule has 0 fully saturated rings. The maximum absolute atomic E-state index is 14.1. The summed E-state index contributed by atoms with van der Waals surface area (Å²) in [6.45, 7) is 1.09. The van der Waals surface area contributed by atoms with Crippen LogP contribution >= 0.6 is 0 Å². The molecule has 3 aromatic heterocycles. The van der Waals surface area contributed by atoms with Gasteiger partial charge in [-0.15, -0.1) is 0 Å². The Morgan fingerprint density at radius 2 is 1.92 bits per heavy atom. The van der Waals surface area contributed by atoms with E-state index in [2.05, 4.69) is 20.4 Å². The van der Waals surface area contributed by atoms with E-state index < -0.39 is 52.8 Å². The number of benzene rings is 2. The van der Waals surface area contributed by atoms with E-state index in [1.54, 1.807) is 24.3 Å². The molecule has 3 heterocycles. The van der Waals surface area contributed by atoms with Crippen molar-refractivity contribution in [3.05, 3.63) is 70.3 Å². The number of hydrogen-bond acceptors (Lipinski definition) is 7. The summed E-state index contributed by atoms with van der Waals surface area (Å²) >= 11 is 0. The molecule has 1 unspecified atom stereocenters. The van der Waals surface area contributed by atoms with Gasteiger partial charge in [-0.2, -0.15) is 22.8 Å². The molecule has 0 aliphatic carbocycles. The number of aromatic nitrogens is 4. The zero-order chi connectivity index (χ0) is 27.2. The Morgan fingerprint density at radius 3 is 2.58 bits per heavy atom. The lowest BCUT2D eigenvalue weighted by Gasteiger charge is -2.13. The summed E-state index contributed by atoms with van der Waals surface area (Å²) in [5.41, 5.74) is -3.44. The number of H-pyrrole nitrogens is 1. The van der Waals surface area contributed by atoms with E-state index in [1.165, 1.54) is 38.3 Å². The molecule has 0 bridgehead atoms. The fraction of sp³-hybridized carbons (Fsp3) is 0.200. The van der Waals surface area contributed by atoms with Gasteiger partial charge in [0, 0.05) is 6.04 Å². The average molecular weight is 527 g/mol. The number of aliphatic hydroxyl groups excluding tert-OH is 1. The van der Waals surface area contributed by atoms with Crippen molar-refractivity contribution in [2.24, 2.45) is 0 Å². The molecule has 1 amide bonds. The number of alkyl halides is 3. The number of para-hydroxylation sites is 1. The smallest absolute Gasteiger partial charge is 0.435 e. The number of carbonyl (C=O) groups is 1. The lowest BCUT2D eigenvalue weighted by atomic mass is 10.1. The van der Waals surface area contributed by atoms with E-state index in [0.717, 1.165) is 0 Å². The molecule has 5 aromatic rings. The predicted octanol–water partition coefficient (Wildman–Crippen LogP) is 3.64. The van der Waals surface area contributed by atoms with Crippen LogP contribution in [0.15, 0.2) is 57.7 Å². The van der Waals surface area contributed by atoms with Crippen LogP contribution in [0.3, 0.4) is 0 Å². The van der Waals surface area contributed by atoms with Crippen LogP contribution in [-0.2, 0) is 6.18 Å². The van der Waals surface area contributed by atoms with Gasteiger partial charge < -0.3 is 24.6 Å². The molecule has 0 spiro atoms. The molecule has 5 rings (SSSR count). The Labute approximate surface area is 211 Å². The number of nitrogens with one attached hydrogen (secondary N) is 2. The van der Waals surface area contributed by atoms with Crippen molar-refractivity contribution in [1.29, 1.82) is 0 Å². The van der Waals surface area contributed by atoms with E-state index in [0.29, 0.717) is 10.3 Å². The van der Waals surface area contributed by atoms with Crippen LogP contribution in [0.5, 0.6) is 5.75 Å². The topological polar surface area (TPSA) is 135 Å². The first-order valence-corrected chi connectivity index (χ1v) is 11.3. The molecule has 2 aromatic carbocycles. The molecular formula is C25H20F3N5O5. The van der Waals surface area contributed by atoms with Crippen molar-refractivity contribution < 1.29 is 32.2 Å². The number of oxazole rings is 1. The van der Waals surface area contributed by atoms with Gasteiger partial charge >= 0.3 is 6.18 Å². The number of fused-ring (bicyclic) bond motifs is 2. The SMILES string of the molecule is COc1cccc2oc(-c3c(C(=O)NC(C)CO)[nH]c4c(-c5ccccc5)c(C(F)(F)F)nn4c3=O)nc12. The summed E-state index contributed by atoms with van der Waals surface area (Å²) in [6, 6.07) is 11.6. The quantitative estimate of drug-likeness (QED) is 0.307. The predicted molar refractivity (Wildman–Crippen MR) is 130 cm³/mol. The second-order valence-electron chi connectivity index (χ2n) is 8.41. The van der Waals surface area contributed by atoms with Gasteiger partial charge in [-0.3, -0.25) is 9.59 Å². The summed E-state index contributed by atoms with van der Waals surface area (Å²) in [6.07, 6.45) is -4.92. The first-order chi connectivity index (χ1) is 18.1. The van der Waals surface area contributed by atoms with Gasteiger partial charge in [0.05, 0.1) is 19.3 Å². The fourth-order valence-corrected chi connectivity index (χ4v) is 4.06. The lowest BCUT2D eigenvalue weighted by molar-refractivity contribution is -0.140. The highest BCUT2D eigenvalue weighted by molar-refractivity contribution is 6.00. The molecule has 10 nitrogen and oxygen atoms in total. The number of methoxy groups -OCH3 is 1. The minimum Gasteiger partial charge on any atom is -0.494 e. The van der Waals surface area contributed by atoms with E-state index in [1.807, 2.05) is 0 Å². The highest BCUT2D eigenvalue weighted by Gasteiger charge is 2.40. The molecule has 196 valence electrons. The molecular weight excluding hydrogens is 507 g/mol. The number of amides is 1. The summed E-state index contributed by atoms with van der Waals surface area (Å²) in [5.74, 6) is -0.886. The third kappa shape index (κ3) is 4.16. The standard InChI is InChI=1S/C25H20F3N5O5/c1-12(11-34)29-22(35)19-17(23-31-18-14(37-2)9-6-10-15(18)38-23)24(36)33-21(30-19)16(13-7-4-3-5-8-13)20(32-33)25(26,27)28/h3-10,12,30,34H,11H2,1-2H3,(H,29,35). The van der Waals surface area contributed by atoms with Gasteiger partial charge in [0.2, 0.25) is 5.89 Å². The van der Waals surface area contributed by atoms with Crippen LogP contribution in [0.25, 0.3) is 39.3 Å².